The van der Waals surface area contributed by atoms with Gasteiger partial charge in [-0.1, -0.05) is 61.9 Å². The molecule has 0 radical (unpaired) electrons. The van der Waals surface area contributed by atoms with Crippen molar-refractivity contribution in [1.82, 2.24) is 27.7 Å². The van der Waals surface area contributed by atoms with Gasteiger partial charge in [-0.25, -0.2) is 23.4 Å². The third kappa shape index (κ3) is 3.61. The van der Waals surface area contributed by atoms with Crippen molar-refractivity contribution in [3.05, 3.63) is 127 Å². The molecule has 42 heavy (non-hydrogen) atoms. The van der Waals surface area contributed by atoms with Gasteiger partial charge in [-0.05, 0) is 42.8 Å². The van der Waals surface area contributed by atoms with Crippen molar-refractivity contribution in [3.63, 3.8) is 0 Å². The van der Waals surface area contributed by atoms with Crippen molar-refractivity contribution in [2.24, 2.45) is 7.05 Å². The van der Waals surface area contributed by atoms with Gasteiger partial charge in [-0.15, -0.1) is 0 Å². The number of nitrogens with zero attached hydrogens (tertiary/aromatic N) is 6. The molecule has 0 unspecified atom stereocenters. The van der Waals surface area contributed by atoms with Crippen LogP contribution in [0.15, 0.2) is 104 Å². The third-order valence-electron chi connectivity index (χ3n) is 7.83. The van der Waals surface area contributed by atoms with Crippen LogP contribution >= 0.6 is 0 Å². The van der Waals surface area contributed by atoms with Crippen LogP contribution in [0.25, 0.3) is 49.9 Å². The Morgan fingerprint density at radius 3 is 2.07 bits per heavy atom. The first kappa shape index (κ1) is 25.5. The summed E-state index contributed by atoms with van der Waals surface area (Å²) in [5.41, 5.74) is 1.03. The van der Waals surface area contributed by atoms with Crippen molar-refractivity contribution in [1.29, 1.82) is 0 Å². The Balaban J connectivity index is 1.68. The van der Waals surface area contributed by atoms with E-state index < -0.39 is 22.6 Å². The molecule has 0 N–H and O–H groups in total. The maximum absolute atomic E-state index is 14.0. The highest BCUT2D eigenvalue weighted by Gasteiger charge is 2.21. The molecule has 0 fully saturated rings. The molecule has 0 saturated heterocycles. The summed E-state index contributed by atoms with van der Waals surface area (Å²) in [4.78, 5) is 58.6. The summed E-state index contributed by atoms with van der Waals surface area (Å²) >= 11 is 0. The molecule has 0 atom stereocenters. The summed E-state index contributed by atoms with van der Waals surface area (Å²) in [6, 6.07) is 25.4. The SMILES string of the molecule is CCCCn1c(=O)nc2c(c1=O)c1ccc3cc4n(C)c(=O)n(-c5ccccc5)c(=O)n4c3cc1n2-c1ccccc1. The standard InChI is InChI=1S/C32H26N6O4/c1-3-4-17-35-29(39)27-23-16-15-20-18-26-34(2)31(41)37(22-13-9-6-10-14-22)32(42)38(26)24(20)19-25(23)36(28(27)33-30(35)40)21-11-7-5-8-12-21/h5-16,18-19H,3-4,17H2,1-2H3. The van der Waals surface area contributed by atoms with Crippen molar-refractivity contribution < 1.29 is 0 Å². The fourth-order valence-corrected chi connectivity index (χ4v) is 5.74. The largest absolute Gasteiger partial charge is 0.352 e. The van der Waals surface area contributed by atoms with Crippen LogP contribution in [0.5, 0.6) is 0 Å². The Labute approximate surface area is 237 Å². The Morgan fingerprint density at radius 1 is 0.738 bits per heavy atom. The maximum atomic E-state index is 14.0. The Morgan fingerprint density at radius 2 is 1.40 bits per heavy atom. The lowest BCUT2D eigenvalue weighted by atomic mass is 10.2. The molecule has 10 nitrogen and oxygen atoms in total. The first-order chi connectivity index (χ1) is 20.4. The van der Waals surface area contributed by atoms with E-state index in [1.165, 1.54) is 13.5 Å². The van der Waals surface area contributed by atoms with E-state index in [0.29, 0.717) is 50.6 Å². The Hall–Kier alpha value is -5.51. The zero-order valence-corrected chi connectivity index (χ0v) is 23.0. The normalized spacial score (nSPS) is 11.8. The predicted octanol–water partition coefficient (Wildman–Crippen LogP) is 3.76. The van der Waals surface area contributed by atoms with Crippen LogP contribution < -0.4 is 22.6 Å². The molecule has 208 valence electrons. The van der Waals surface area contributed by atoms with Gasteiger partial charge in [0.2, 0.25) is 0 Å². The lowest BCUT2D eigenvalue weighted by molar-refractivity contribution is 0.589. The van der Waals surface area contributed by atoms with Crippen LogP contribution in [0.1, 0.15) is 19.8 Å². The minimum atomic E-state index is -0.593. The van der Waals surface area contributed by atoms with Crippen LogP contribution in [0.4, 0.5) is 0 Å². The number of aryl methyl sites for hydroxylation is 1. The van der Waals surface area contributed by atoms with E-state index in [1.807, 2.05) is 61.5 Å². The van der Waals surface area contributed by atoms with Crippen LogP contribution in [-0.4, -0.2) is 27.7 Å². The molecule has 0 aliphatic carbocycles. The number of unbranched alkanes of at least 4 members (excludes halogenated alkanes) is 1. The molecule has 0 saturated carbocycles. The average Bonchev–Trinajstić information content (AvgIpc) is 3.45. The molecule has 3 aromatic carbocycles. The van der Waals surface area contributed by atoms with E-state index >= 15 is 0 Å². The van der Waals surface area contributed by atoms with Gasteiger partial charge >= 0.3 is 17.1 Å². The Kier molecular flexibility index (Phi) is 5.79. The molecular formula is C32H26N6O4. The van der Waals surface area contributed by atoms with E-state index in [4.69, 9.17) is 0 Å². The molecule has 4 heterocycles. The van der Waals surface area contributed by atoms with Gasteiger partial charge in [0.15, 0.2) is 5.65 Å². The number of hydrogen-bond acceptors (Lipinski definition) is 5. The van der Waals surface area contributed by atoms with E-state index in [0.717, 1.165) is 11.0 Å². The summed E-state index contributed by atoms with van der Waals surface area (Å²) in [5, 5.41) is 1.65. The number of para-hydroxylation sites is 2. The summed E-state index contributed by atoms with van der Waals surface area (Å²) in [6.45, 7) is 2.28. The quantitative estimate of drug-likeness (QED) is 0.320. The number of benzene rings is 2. The summed E-state index contributed by atoms with van der Waals surface area (Å²) in [6.07, 6.45) is 1.50. The molecule has 4 aromatic heterocycles. The average molecular weight is 559 g/mol. The summed E-state index contributed by atoms with van der Waals surface area (Å²) in [7, 11) is 1.63. The van der Waals surface area contributed by atoms with E-state index in [1.54, 1.807) is 41.9 Å². The van der Waals surface area contributed by atoms with Crippen molar-refractivity contribution in [2.45, 2.75) is 26.3 Å². The van der Waals surface area contributed by atoms with Gasteiger partial charge < -0.3 is 0 Å². The number of hydrogen-bond donors (Lipinski definition) is 0. The highest BCUT2D eigenvalue weighted by Crippen LogP contribution is 2.31. The predicted molar refractivity (Wildman–Crippen MR) is 163 cm³/mol. The summed E-state index contributed by atoms with van der Waals surface area (Å²) < 4.78 is 7.07. The second kappa shape index (κ2) is 9.55. The monoisotopic (exact) mass is 558 g/mol. The van der Waals surface area contributed by atoms with Gasteiger partial charge in [-0.2, -0.15) is 4.98 Å². The summed E-state index contributed by atoms with van der Waals surface area (Å²) in [5.74, 6) is 0. The lowest BCUT2D eigenvalue weighted by Gasteiger charge is -2.10. The fourth-order valence-electron chi connectivity index (χ4n) is 5.74. The van der Waals surface area contributed by atoms with Gasteiger partial charge in [-0.3, -0.25) is 18.5 Å². The zero-order valence-electron chi connectivity index (χ0n) is 23.0. The smallest absolute Gasteiger partial charge is 0.293 e. The van der Waals surface area contributed by atoms with E-state index in [-0.39, 0.29) is 12.2 Å². The molecular weight excluding hydrogens is 532 g/mol. The van der Waals surface area contributed by atoms with Gasteiger partial charge in [0.05, 0.1) is 22.1 Å². The van der Waals surface area contributed by atoms with Crippen LogP contribution in [0.2, 0.25) is 0 Å². The molecule has 7 rings (SSSR count). The van der Waals surface area contributed by atoms with Crippen LogP contribution in [0, 0.1) is 0 Å². The molecule has 0 aliphatic heterocycles. The minimum Gasteiger partial charge on any atom is -0.293 e. The fraction of sp³-hybridized carbons (Fsp3) is 0.156. The topological polar surface area (TPSA) is 105 Å². The van der Waals surface area contributed by atoms with Crippen molar-refractivity contribution in [3.8, 4) is 11.4 Å². The van der Waals surface area contributed by atoms with Crippen molar-refractivity contribution >= 4 is 38.5 Å². The molecule has 7 aromatic rings. The molecule has 10 heteroatoms. The Bertz CT molecular complexity index is 2430. The zero-order chi connectivity index (χ0) is 29.1. The highest BCUT2D eigenvalue weighted by atomic mass is 16.2. The first-order valence-electron chi connectivity index (χ1n) is 13.8. The second-order valence-electron chi connectivity index (χ2n) is 10.3. The van der Waals surface area contributed by atoms with E-state index in [2.05, 4.69) is 4.98 Å². The van der Waals surface area contributed by atoms with Crippen molar-refractivity contribution in [2.75, 3.05) is 0 Å². The van der Waals surface area contributed by atoms with Crippen LogP contribution in [0.3, 0.4) is 0 Å². The third-order valence-corrected chi connectivity index (χ3v) is 7.83. The molecule has 0 aliphatic rings. The molecule has 0 spiro atoms. The first-order valence-corrected chi connectivity index (χ1v) is 13.8. The second-order valence-corrected chi connectivity index (χ2v) is 10.3. The number of rotatable bonds is 5. The van der Waals surface area contributed by atoms with Gasteiger partial charge in [0, 0.05) is 30.1 Å². The van der Waals surface area contributed by atoms with Gasteiger partial charge in [0.1, 0.15) is 5.65 Å². The van der Waals surface area contributed by atoms with Gasteiger partial charge in [0.25, 0.3) is 5.56 Å². The lowest BCUT2D eigenvalue weighted by Crippen LogP contribution is -2.41. The van der Waals surface area contributed by atoms with E-state index in [9.17, 15) is 19.2 Å². The van der Waals surface area contributed by atoms with Crippen LogP contribution in [-0.2, 0) is 13.6 Å². The maximum Gasteiger partial charge on any atom is 0.352 e. The minimum absolute atomic E-state index is 0.258. The molecule has 0 amide bonds. The number of fused-ring (bicyclic) bond motifs is 6. The molecule has 0 bridgehead atoms. The number of aromatic nitrogens is 6. The highest BCUT2D eigenvalue weighted by molar-refractivity contribution is 6.09.